The summed E-state index contributed by atoms with van der Waals surface area (Å²) in [5, 5.41) is 6.26. The van der Waals surface area contributed by atoms with Crippen LogP contribution in [-0.4, -0.2) is 18.7 Å². The smallest absolute Gasteiger partial charge is 0.274 e. The molecule has 0 saturated carbocycles. The third kappa shape index (κ3) is 2.88. The van der Waals surface area contributed by atoms with Gasteiger partial charge in [-0.3, -0.25) is 4.79 Å². The molecule has 3 rings (SSSR count). The molecule has 2 aromatic carbocycles. The largest absolute Gasteiger partial charge is 0.496 e. The Morgan fingerprint density at radius 3 is 2.50 bits per heavy atom. The number of hydrogen-bond acceptors (Lipinski definition) is 4. The van der Waals surface area contributed by atoms with Gasteiger partial charge in [0.25, 0.3) is 5.91 Å². The van der Waals surface area contributed by atoms with Crippen molar-refractivity contribution in [2.75, 3.05) is 7.11 Å². The second-order valence-corrected chi connectivity index (χ2v) is 5.39. The van der Waals surface area contributed by atoms with E-state index in [1.807, 2.05) is 43.3 Å². The van der Waals surface area contributed by atoms with Crippen LogP contribution >= 0.6 is 0 Å². The van der Waals surface area contributed by atoms with Gasteiger partial charge in [-0.2, -0.15) is 5.10 Å². The number of amides is 1. The van der Waals surface area contributed by atoms with Crippen LogP contribution < -0.4 is 10.2 Å². The molecule has 0 atom stereocenters. The van der Waals surface area contributed by atoms with Crippen molar-refractivity contribution in [3.05, 3.63) is 65.6 Å². The van der Waals surface area contributed by atoms with Gasteiger partial charge in [0.2, 0.25) is 0 Å². The van der Waals surface area contributed by atoms with Crippen LogP contribution in [0.5, 0.6) is 5.75 Å². The van der Waals surface area contributed by atoms with Gasteiger partial charge in [0.1, 0.15) is 11.5 Å². The van der Waals surface area contributed by atoms with Crippen LogP contribution in [-0.2, 0) is 0 Å². The van der Waals surface area contributed by atoms with E-state index in [-0.39, 0.29) is 5.91 Å². The quantitative estimate of drug-likeness (QED) is 0.585. The number of methoxy groups -OCH3 is 1. The minimum Gasteiger partial charge on any atom is -0.496 e. The molecule has 24 heavy (non-hydrogen) atoms. The molecule has 0 unspecified atom stereocenters. The van der Waals surface area contributed by atoms with Crippen molar-refractivity contribution in [3.8, 4) is 5.75 Å². The lowest BCUT2D eigenvalue weighted by molar-refractivity contribution is 0.0953. The maximum Gasteiger partial charge on any atom is 0.274 e. The SMILES string of the molecule is COc1ccc(/C(C)=N\NC(=O)c2ccoc2C)c2ccccc12. The zero-order valence-corrected chi connectivity index (χ0v) is 13.8. The van der Waals surface area contributed by atoms with Crippen LogP contribution in [0.15, 0.2) is 58.2 Å². The van der Waals surface area contributed by atoms with Crippen LogP contribution in [0.4, 0.5) is 0 Å². The Morgan fingerprint density at radius 2 is 1.83 bits per heavy atom. The minimum atomic E-state index is -0.293. The molecule has 0 aliphatic rings. The summed E-state index contributed by atoms with van der Waals surface area (Å²) in [4.78, 5) is 12.1. The first kappa shape index (κ1) is 15.8. The zero-order chi connectivity index (χ0) is 17.1. The fourth-order valence-electron chi connectivity index (χ4n) is 2.64. The van der Waals surface area contributed by atoms with Gasteiger partial charge in [0, 0.05) is 10.9 Å². The first-order valence-electron chi connectivity index (χ1n) is 7.56. The van der Waals surface area contributed by atoms with E-state index in [0.29, 0.717) is 17.0 Å². The van der Waals surface area contributed by atoms with Gasteiger partial charge in [-0.05, 0) is 37.4 Å². The van der Waals surface area contributed by atoms with Gasteiger partial charge in [0.05, 0.1) is 24.6 Å². The van der Waals surface area contributed by atoms with Gasteiger partial charge in [-0.15, -0.1) is 0 Å². The number of benzene rings is 2. The Hall–Kier alpha value is -3.08. The number of nitrogens with zero attached hydrogens (tertiary/aromatic N) is 1. The van der Waals surface area contributed by atoms with Crippen LogP contribution in [0.3, 0.4) is 0 Å². The number of nitrogens with one attached hydrogen (secondary N) is 1. The summed E-state index contributed by atoms with van der Waals surface area (Å²) in [5.74, 6) is 1.08. The van der Waals surface area contributed by atoms with E-state index in [2.05, 4.69) is 10.5 Å². The number of aryl methyl sites for hydroxylation is 1. The number of hydrogen-bond donors (Lipinski definition) is 1. The molecule has 0 fully saturated rings. The third-order valence-electron chi connectivity index (χ3n) is 3.92. The van der Waals surface area contributed by atoms with Crippen LogP contribution in [0, 0.1) is 6.92 Å². The Labute approximate surface area is 139 Å². The maximum absolute atomic E-state index is 12.1. The molecular formula is C19H18N2O3. The van der Waals surface area contributed by atoms with Crippen LogP contribution in [0.25, 0.3) is 10.8 Å². The van der Waals surface area contributed by atoms with Crippen molar-refractivity contribution >= 4 is 22.4 Å². The Bertz CT molecular complexity index is 925. The number of hydrazone groups is 1. The number of ether oxygens (including phenoxy) is 1. The van der Waals surface area contributed by atoms with E-state index in [9.17, 15) is 4.79 Å². The summed E-state index contributed by atoms with van der Waals surface area (Å²) in [7, 11) is 1.65. The second-order valence-electron chi connectivity index (χ2n) is 5.39. The fraction of sp³-hybridized carbons (Fsp3) is 0.158. The highest BCUT2D eigenvalue weighted by molar-refractivity contribution is 6.11. The van der Waals surface area contributed by atoms with E-state index >= 15 is 0 Å². The molecule has 1 heterocycles. The third-order valence-corrected chi connectivity index (χ3v) is 3.92. The number of carbonyl (C=O) groups is 1. The standard InChI is InChI=1S/C19H18N2O3/c1-12(20-21-19(22)15-10-11-24-13(15)2)14-8-9-18(23-3)17-7-5-4-6-16(14)17/h4-11H,1-3H3,(H,21,22)/b20-12-. The number of rotatable bonds is 4. The molecule has 3 aromatic rings. The zero-order valence-electron chi connectivity index (χ0n) is 13.8. The molecule has 0 spiro atoms. The summed E-state index contributed by atoms with van der Waals surface area (Å²) >= 11 is 0. The highest BCUT2D eigenvalue weighted by atomic mass is 16.5. The molecule has 1 amide bonds. The van der Waals surface area contributed by atoms with Crippen molar-refractivity contribution in [1.82, 2.24) is 5.43 Å². The molecule has 0 bridgehead atoms. The van der Waals surface area contributed by atoms with Crippen molar-refractivity contribution < 1.29 is 13.9 Å². The maximum atomic E-state index is 12.1. The van der Waals surface area contributed by atoms with Gasteiger partial charge in [-0.1, -0.05) is 24.3 Å². The average molecular weight is 322 g/mol. The monoisotopic (exact) mass is 322 g/mol. The van der Waals surface area contributed by atoms with E-state index in [1.54, 1.807) is 20.1 Å². The minimum absolute atomic E-state index is 0.293. The van der Waals surface area contributed by atoms with Gasteiger partial charge in [-0.25, -0.2) is 5.43 Å². The van der Waals surface area contributed by atoms with E-state index in [0.717, 1.165) is 22.1 Å². The average Bonchev–Trinajstić information content (AvgIpc) is 3.04. The lowest BCUT2D eigenvalue weighted by Gasteiger charge is -2.10. The molecule has 0 aliphatic heterocycles. The fourth-order valence-corrected chi connectivity index (χ4v) is 2.64. The highest BCUT2D eigenvalue weighted by Gasteiger charge is 2.12. The van der Waals surface area contributed by atoms with E-state index in [4.69, 9.17) is 9.15 Å². The summed E-state index contributed by atoms with van der Waals surface area (Å²) < 4.78 is 10.5. The first-order chi connectivity index (χ1) is 11.6. The lowest BCUT2D eigenvalue weighted by atomic mass is 10.0. The van der Waals surface area contributed by atoms with Gasteiger partial charge in [0.15, 0.2) is 0 Å². The highest BCUT2D eigenvalue weighted by Crippen LogP contribution is 2.28. The summed E-state index contributed by atoms with van der Waals surface area (Å²) in [5.41, 5.74) is 4.70. The normalized spacial score (nSPS) is 11.5. The summed E-state index contributed by atoms with van der Waals surface area (Å²) in [6.07, 6.45) is 1.48. The number of carbonyl (C=O) groups excluding carboxylic acids is 1. The predicted molar refractivity (Wildman–Crippen MR) is 93.6 cm³/mol. The van der Waals surface area contributed by atoms with Crippen LogP contribution in [0.1, 0.15) is 28.6 Å². The van der Waals surface area contributed by atoms with Gasteiger partial charge < -0.3 is 9.15 Å². The molecule has 0 radical (unpaired) electrons. The lowest BCUT2D eigenvalue weighted by Crippen LogP contribution is -2.19. The Balaban J connectivity index is 1.93. The molecule has 1 N–H and O–H groups in total. The summed E-state index contributed by atoms with van der Waals surface area (Å²) in [6.45, 7) is 3.60. The molecule has 1 aromatic heterocycles. The molecule has 0 aliphatic carbocycles. The van der Waals surface area contributed by atoms with Crippen molar-refractivity contribution in [2.24, 2.45) is 5.10 Å². The molecule has 0 saturated heterocycles. The second kappa shape index (κ2) is 6.58. The van der Waals surface area contributed by atoms with Crippen molar-refractivity contribution in [2.45, 2.75) is 13.8 Å². The van der Waals surface area contributed by atoms with E-state index < -0.39 is 0 Å². The Kier molecular flexibility index (Phi) is 4.33. The predicted octanol–water partition coefficient (Wildman–Crippen LogP) is 3.90. The topological polar surface area (TPSA) is 63.8 Å². The van der Waals surface area contributed by atoms with Gasteiger partial charge >= 0.3 is 0 Å². The number of fused-ring (bicyclic) bond motifs is 1. The van der Waals surface area contributed by atoms with Crippen molar-refractivity contribution in [1.29, 1.82) is 0 Å². The molecule has 5 heteroatoms. The molecular weight excluding hydrogens is 304 g/mol. The van der Waals surface area contributed by atoms with Crippen LogP contribution in [0.2, 0.25) is 0 Å². The Morgan fingerprint density at radius 1 is 1.08 bits per heavy atom. The first-order valence-corrected chi connectivity index (χ1v) is 7.56. The summed E-state index contributed by atoms with van der Waals surface area (Å²) in [6, 6.07) is 13.4. The van der Waals surface area contributed by atoms with Crippen molar-refractivity contribution in [3.63, 3.8) is 0 Å². The number of furan rings is 1. The molecule has 122 valence electrons. The molecule has 5 nitrogen and oxygen atoms in total. The van der Waals surface area contributed by atoms with E-state index in [1.165, 1.54) is 6.26 Å².